The Morgan fingerprint density at radius 3 is 3.27 bits per heavy atom. The molecule has 0 N–H and O–H groups in total. The SMILES string of the molecule is O=C(c1ccsc1)N1CCOC(CCl)C1. The third-order valence-corrected chi connectivity index (χ3v) is 3.39. The Kier molecular flexibility index (Phi) is 3.61. The van der Waals surface area contributed by atoms with Crippen molar-refractivity contribution in [2.75, 3.05) is 25.6 Å². The number of carbonyl (C=O) groups excluding carboxylic acids is 1. The number of nitrogens with zero attached hydrogens (tertiary/aromatic N) is 1. The van der Waals surface area contributed by atoms with Gasteiger partial charge < -0.3 is 9.64 Å². The first kappa shape index (κ1) is 10.9. The average molecular weight is 246 g/mol. The smallest absolute Gasteiger partial charge is 0.254 e. The Labute approximate surface area is 97.6 Å². The standard InChI is InChI=1S/C10H12ClNO2S/c11-5-9-6-12(2-3-14-9)10(13)8-1-4-15-7-8/h1,4,7,9H,2-3,5-6H2. The van der Waals surface area contributed by atoms with E-state index in [4.69, 9.17) is 16.3 Å². The maximum absolute atomic E-state index is 12.0. The molecule has 1 saturated heterocycles. The Balaban J connectivity index is 2.01. The van der Waals surface area contributed by atoms with Crippen molar-refractivity contribution in [3.63, 3.8) is 0 Å². The van der Waals surface area contributed by atoms with Crippen LogP contribution in [0.15, 0.2) is 16.8 Å². The molecule has 1 unspecified atom stereocenters. The van der Waals surface area contributed by atoms with E-state index in [1.165, 1.54) is 11.3 Å². The van der Waals surface area contributed by atoms with Crippen LogP contribution in [-0.4, -0.2) is 42.5 Å². The number of morpholine rings is 1. The van der Waals surface area contributed by atoms with Gasteiger partial charge in [0.25, 0.3) is 5.91 Å². The number of amides is 1. The second-order valence-corrected chi connectivity index (χ2v) is 4.50. The van der Waals surface area contributed by atoms with Crippen LogP contribution in [0.5, 0.6) is 0 Å². The van der Waals surface area contributed by atoms with Crippen LogP contribution in [0.2, 0.25) is 0 Å². The number of carbonyl (C=O) groups is 1. The molecule has 2 heterocycles. The van der Waals surface area contributed by atoms with Gasteiger partial charge in [-0.2, -0.15) is 11.3 Å². The Hall–Kier alpha value is -0.580. The second kappa shape index (κ2) is 4.96. The van der Waals surface area contributed by atoms with Crippen LogP contribution >= 0.6 is 22.9 Å². The predicted molar refractivity (Wildman–Crippen MR) is 60.7 cm³/mol. The third kappa shape index (κ3) is 2.51. The average Bonchev–Trinajstić information content (AvgIpc) is 2.81. The fraction of sp³-hybridized carbons (Fsp3) is 0.500. The molecular weight excluding hydrogens is 234 g/mol. The van der Waals surface area contributed by atoms with Crippen LogP contribution in [0.4, 0.5) is 0 Å². The minimum Gasteiger partial charge on any atom is -0.373 e. The summed E-state index contributed by atoms with van der Waals surface area (Å²) >= 11 is 7.25. The summed E-state index contributed by atoms with van der Waals surface area (Å²) in [5, 5.41) is 3.78. The fourth-order valence-electron chi connectivity index (χ4n) is 1.57. The lowest BCUT2D eigenvalue weighted by molar-refractivity contribution is -0.0107. The minimum absolute atomic E-state index is 0.0250. The Morgan fingerprint density at radius 1 is 1.73 bits per heavy atom. The highest BCUT2D eigenvalue weighted by Crippen LogP contribution is 2.13. The van der Waals surface area contributed by atoms with E-state index in [1.807, 2.05) is 16.8 Å². The summed E-state index contributed by atoms with van der Waals surface area (Å²) in [5.74, 6) is 0.516. The van der Waals surface area contributed by atoms with Crippen molar-refractivity contribution in [3.8, 4) is 0 Å². The van der Waals surface area contributed by atoms with Crippen molar-refractivity contribution in [2.24, 2.45) is 0 Å². The number of alkyl halides is 1. The molecule has 0 aliphatic carbocycles. The molecule has 1 aliphatic rings. The van der Waals surface area contributed by atoms with Gasteiger partial charge in [-0.25, -0.2) is 0 Å². The first-order valence-electron chi connectivity index (χ1n) is 4.80. The van der Waals surface area contributed by atoms with E-state index < -0.39 is 0 Å². The fourth-order valence-corrected chi connectivity index (χ4v) is 2.38. The summed E-state index contributed by atoms with van der Waals surface area (Å²) in [6, 6.07) is 1.85. The molecule has 1 aliphatic heterocycles. The zero-order chi connectivity index (χ0) is 10.7. The number of ether oxygens (including phenoxy) is 1. The first-order chi connectivity index (χ1) is 7.31. The number of rotatable bonds is 2. The molecule has 15 heavy (non-hydrogen) atoms. The summed E-state index contributed by atoms with van der Waals surface area (Å²) in [6.07, 6.45) is -0.0250. The zero-order valence-corrected chi connectivity index (χ0v) is 9.76. The lowest BCUT2D eigenvalue weighted by atomic mass is 10.2. The molecule has 1 aromatic heterocycles. The Bertz CT molecular complexity index is 328. The van der Waals surface area contributed by atoms with Gasteiger partial charge in [-0.15, -0.1) is 11.6 Å². The molecule has 1 amide bonds. The van der Waals surface area contributed by atoms with Gasteiger partial charge in [0.15, 0.2) is 0 Å². The van der Waals surface area contributed by atoms with E-state index in [2.05, 4.69) is 0 Å². The number of halogens is 1. The molecule has 0 bridgehead atoms. The summed E-state index contributed by atoms with van der Waals surface area (Å²) in [4.78, 5) is 13.8. The molecular formula is C10H12ClNO2S. The van der Waals surface area contributed by atoms with Crippen molar-refractivity contribution >= 4 is 28.8 Å². The molecule has 0 aromatic carbocycles. The van der Waals surface area contributed by atoms with E-state index in [1.54, 1.807) is 4.90 Å². The lowest BCUT2D eigenvalue weighted by Crippen LogP contribution is -2.46. The van der Waals surface area contributed by atoms with E-state index in [0.29, 0.717) is 25.6 Å². The number of thiophene rings is 1. The van der Waals surface area contributed by atoms with Gasteiger partial charge in [-0.05, 0) is 11.4 Å². The molecule has 1 aromatic rings. The highest BCUT2D eigenvalue weighted by Gasteiger charge is 2.24. The molecule has 0 saturated carbocycles. The van der Waals surface area contributed by atoms with Crippen LogP contribution in [0, 0.1) is 0 Å². The van der Waals surface area contributed by atoms with Crippen LogP contribution < -0.4 is 0 Å². The van der Waals surface area contributed by atoms with Gasteiger partial charge >= 0.3 is 0 Å². The topological polar surface area (TPSA) is 29.5 Å². The summed E-state index contributed by atoms with van der Waals surface area (Å²) in [5.41, 5.74) is 0.759. The molecule has 5 heteroatoms. The molecule has 0 radical (unpaired) electrons. The molecule has 0 spiro atoms. The zero-order valence-electron chi connectivity index (χ0n) is 8.19. The van der Waals surface area contributed by atoms with Crippen LogP contribution in [-0.2, 0) is 4.74 Å². The quantitative estimate of drug-likeness (QED) is 0.744. The van der Waals surface area contributed by atoms with Crippen LogP contribution in [0.25, 0.3) is 0 Å². The van der Waals surface area contributed by atoms with Gasteiger partial charge in [0.2, 0.25) is 0 Å². The Morgan fingerprint density at radius 2 is 2.60 bits per heavy atom. The van der Waals surface area contributed by atoms with Gasteiger partial charge in [-0.1, -0.05) is 0 Å². The molecule has 3 nitrogen and oxygen atoms in total. The molecule has 1 fully saturated rings. The normalized spacial score (nSPS) is 21.7. The first-order valence-corrected chi connectivity index (χ1v) is 6.28. The van der Waals surface area contributed by atoms with Crippen molar-refractivity contribution in [3.05, 3.63) is 22.4 Å². The van der Waals surface area contributed by atoms with E-state index >= 15 is 0 Å². The van der Waals surface area contributed by atoms with Gasteiger partial charge in [0.05, 0.1) is 24.2 Å². The summed E-state index contributed by atoms with van der Waals surface area (Å²) in [6.45, 7) is 1.83. The highest BCUT2D eigenvalue weighted by molar-refractivity contribution is 7.08. The van der Waals surface area contributed by atoms with E-state index in [9.17, 15) is 4.79 Å². The summed E-state index contributed by atoms with van der Waals surface area (Å²) in [7, 11) is 0. The van der Waals surface area contributed by atoms with Gasteiger partial charge in [-0.3, -0.25) is 4.79 Å². The van der Waals surface area contributed by atoms with E-state index in [0.717, 1.165) is 5.56 Å². The second-order valence-electron chi connectivity index (χ2n) is 3.41. The largest absolute Gasteiger partial charge is 0.373 e. The summed E-state index contributed by atoms with van der Waals surface area (Å²) < 4.78 is 5.40. The number of hydrogen-bond donors (Lipinski definition) is 0. The van der Waals surface area contributed by atoms with Crippen molar-refractivity contribution in [2.45, 2.75) is 6.10 Å². The monoisotopic (exact) mass is 245 g/mol. The molecule has 82 valence electrons. The van der Waals surface area contributed by atoms with Gasteiger partial charge in [0, 0.05) is 18.5 Å². The lowest BCUT2D eigenvalue weighted by Gasteiger charge is -2.31. The maximum atomic E-state index is 12.0. The highest BCUT2D eigenvalue weighted by atomic mass is 35.5. The maximum Gasteiger partial charge on any atom is 0.254 e. The third-order valence-electron chi connectivity index (χ3n) is 2.37. The van der Waals surface area contributed by atoms with Crippen molar-refractivity contribution < 1.29 is 9.53 Å². The molecule has 1 atom stereocenters. The number of hydrogen-bond acceptors (Lipinski definition) is 3. The van der Waals surface area contributed by atoms with Gasteiger partial charge in [0.1, 0.15) is 0 Å². The van der Waals surface area contributed by atoms with Crippen molar-refractivity contribution in [1.29, 1.82) is 0 Å². The minimum atomic E-state index is -0.0250. The predicted octanol–water partition coefficient (Wildman–Crippen LogP) is 1.83. The van der Waals surface area contributed by atoms with Crippen LogP contribution in [0.1, 0.15) is 10.4 Å². The molecule has 2 rings (SSSR count). The van der Waals surface area contributed by atoms with Crippen LogP contribution in [0.3, 0.4) is 0 Å². The van der Waals surface area contributed by atoms with Crippen molar-refractivity contribution in [1.82, 2.24) is 4.90 Å². The van der Waals surface area contributed by atoms with E-state index in [-0.39, 0.29) is 12.0 Å².